The first-order valence-corrected chi connectivity index (χ1v) is 11.2. The molecule has 2 amide bonds. The van der Waals surface area contributed by atoms with Gasteiger partial charge in [-0.3, -0.25) is 14.7 Å². The molecule has 0 radical (unpaired) electrons. The Hall–Kier alpha value is -3.53. The molecule has 1 aliphatic heterocycles. The van der Waals surface area contributed by atoms with E-state index in [-0.39, 0.29) is 36.3 Å². The number of hydrogen-bond donors (Lipinski definition) is 4. The smallest absolute Gasteiger partial charge is 0.272 e. The summed E-state index contributed by atoms with van der Waals surface area (Å²) in [4.78, 5) is 26.8. The molecule has 4 N–H and O–H groups in total. The maximum atomic E-state index is 13.4. The molecular weight excluding hydrogens is 444 g/mol. The van der Waals surface area contributed by atoms with Gasteiger partial charge in [0.05, 0.1) is 17.5 Å². The Kier molecular flexibility index (Phi) is 7.06. The van der Waals surface area contributed by atoms with E-state index in [0.29, 0.717) is 12.2 Å². The number of fused-ring (bicyclic) bond motifs is 1. The third-order valence-corrected chi connectivity index (χ3v) is 6.19. The van der Waals surface area contributed by atoms with Gasteiger partial charge in [-0.25, -0.2) is 8.78 Å². The summed E-state index contributed by atoms with van der Waals surface area (Å²) in [6.45, 7) is 1.57. The quantitative estimate of drug-likeness (QED) is 0.424. The van der Waals surface area contributed by atoms with Crippen molar-refractivity contribution in [1.29, 1.82) is 0 Å². The molecule has 34 heavy (non-hydrogen) atoms. The first-order chi connectivity index (χ1) is 16.4. The fourth-order valence-corrected chi connectivity index (χ4v) is 4.28. The lowest BCUT2D eigenvalue weighted by Crippen LogP contribution is -2.43. The minimum absolute atomic E-state index is 0.105. The zero-order valence-corrected chi connectivity index (χ0v) is 18.8. The van der Waals surface area contributed by atoms with Crippen LogP contribution in [0.25, 0.3) is 10.9 Å². The van der Waals surface area contributed by atoms with Crippen molar-refractivity contribution >= 4 is 28.4 Å². The van der Waals surface area contributed by atoms with E-state index in [1.807, 2.05) is 18.2 Å². The van der Waals surface area contributed by atoms with Crippen LogP contribution in [0.1, 0.15) is 41.4 Å². The number of hydrogen-bond acceptors (Lipinski definition) is 5. The summed E-state index contributed by atoms with van der Waals surface area (Å²) in [5.41, 5.74) is 2.29. The van der Waals surface area contributed by atoms with E-state index < -0.39 is 17.7 Å². The molecule has 0 aliphatic carbocycles. The average molecular weight is 472 g/mol. The highest BCUT2D eigenvalue weighted by atomic mass is 19.2. The van der Waals surface area contributed by atoms with Gasteiger partial charge >= 0.3 is 0 Å². The van der Waals surface area contributed by atoms with Gasteiger partial charge in [0.15, 0.2) is 17.3 Å². The standard InChI is InChI=1S/C24H27F2N5O3/c1-27-24(34)22-17-6-5-16(12-20(17)29-30-22)31-10-2-3-15(13-31)23(33)28-9-8-21(32)14-4-7-18(25)19(26)11-14/h4-7,11-12,15,21,32H,2-3,8-10,13H2,1H3,(H,27,34)(H,28,33)(H,29,30). The highest BCUT2D eigenvalue weighted by Crippen LogP contribution is 2.27. The zero-order chi connectivity index (χ0) is 24.2. The maximum Gasteiger partial charge on any atom is 0.272 e. The van der Waals surface area contributed by atoms with Gasteiger partial charge in [0.1, 0.15) is 0 Å². The van der Waals surface area contributed by atoms with Crippen molar-refractivity contribution in [2.75, 3.05) is 31.6 Å². The number of carbonyl (C=O) groups is 2. The number of aliphatic hydroxyl groups is 1. The molecule has 10 heteroatoms. The Bertz CT molecular complexity index is 1200. The van der Waals surface area contributed by atoms with E-state index in [0.717, 1.165) is 48.1 Å². The second-order valence-corrected chi connectivity index (χ2v) is 8.44. The van der Waals surface area contributed by atoms with E-state index in [9.17, 15) is 23.5 Å². The van der Waals surface area contributed by atoms with Crippen LogP contribution < -0.4 is 15.5 Å². The molecule has 1 aliphatic rings. The molecule has 2 aromatic carbocycles. The van der Waals surface area contributed by atoms with E-state index in [4.69, 9.17) is 0 Å². The predicted octanol–water partition coefficient (Wildman–Crippen LogP) is 2.66. The van der Waals surface area contributed by atoms with Gasteiger partial charge in [-0.2, -0.15) is 5.10 Å². The largest absolute Gasteiger partial charge is 0.388 e. The Morgan fingerprint density at radius 2 is 2.06 bits per heavy atom. The fraction of sp³-hybridized carbons (Fsp3) is 0.375. The number of benzene rings is 2. The number of anilines is 1. The van der Waals surface area contributed by atoms with Gasteiger partial charge in [-0.1, -0.05) is 6.07 Å². The third-order valence-electron chi connectivity index (χ3n) is 6.19. The van der Waals surface area contributed by atoms with Gasteiger partial charge < -0.3 is 20.6 Å². The Labute approximate surface area is 195 Å². The summed E-state index contributed by atoms with van der Waals surface area (Å²) >= 11 is 0. The fourth-order valence-electron chi connectivity index (χ4n) is 4.28. The number of rotatable bonds is 7. The number of carbonyl (C=O) groups excluding carboxylic acids is 2. The molecule has 8 nitrogen and oxygen atoms in total. The van der Waals surface area contributed by atoms with Gasteiger partial charge in [0, 0.05) is 37.8 Å². The van der Waals surface area contributed by atoms with Crippen LogP contribution in [0.4, 0.5) is 14.5 Å². The van der Waals surface area contributed by atoms with Crippen molar-refractivity contribution < 1.29 is 23.5 Å². The number of nitrogens with one attached hydrogen (secondary N) is 3. The normalized spacial score (nSPS) is 16.9. The van der Waals surface area contributed by atoms with Crippen LogP contribution >= 0.6 is 0 Å². The molecule has 180 valence electrons. The zero-order valence-electron chi connectivity index (χ0n) is 18.8. The Balaban J connectivity index is 1.33. The van der Waals surface area contributed by atoms with Crippen molar-refractivity contribution in [3.05, 3.63) is 59.3 Å². The topological polar surface area (TPSA) is 110 Å². The number of amides is 2. The van der Waals surface area contributed by atoms with Gasteiger partial charge in [0.25, 0.3) is 5.91 Å². The van der Waals surface area contributed by atoms with Crippen LogP contribution in [0.15, 0.2) is 36.4 Å². The lowest BCUT2D eigenvalue weighted by molar-refractivity contribution is -0.125. The second kappa shape index (κ2) is 10.2. The third kappa shape index (κ3) is 5.01. The molecular formula is C24H27F2N5O3. The Morgan fingerprint density at radius 1 is 1.24 bits per heavy atom. The van der Waals surface area contributed by atoms with Gasteiger partial charge in [-0.15, -0.1) is 0 Å². The number of piperidine rings is 1. The monoisotopic (exact) mass is 471 g/mol. The molecule has 4 rings (SSSR count). The highest BCUT2D eigenvalue weighted by Gasteiger charge is 2.26. The minimum atomic E-state index is -1.01. The molecule has 0 bridgehead atoms. The molecule has 2 unspecified atom stereocenters. The van der Waals surface area contributed by atoms with E-state index in [1.54, 1.807) is 7.05 Å². The first kappa shape index (κ1) is 23.6. The summed E-state index contributed by atoms with van der Waals surface area (Å²) in [6, 6.07) is 8.97. The van der Waals surface area contributed by atoms with Crippen molar-refractivity contribution in [3.63, 3.8) is 0 Å². The number of aromatic nitrogens is 2. The van der Waals surface area contributed by atoms with Crippen LogP contribution in [-0.4, -0.2) is 53.8 Å². The minimum Gasteiger partial charge on any atom is -0.388 e. The van der Waals surface area contributed by atoms with Crippen molar-refractivity contribution in [2.45, 2.75) is 25.4 Å². The summed E-state index contributed by atoms with van der Waals surface area (Å²) in [7, 11) is 1.56. The van der Waals surface area contributed by atoms with Crippen LogP contribution in [0, 0.1) is 17.6 Å². The molecule has 1 aromatic heterocycles. The summed E-state index contributed by atoms with van der Waals surface area (Å²) in [5.74, 6) is -2.56. The number of nitrogens with zero attached hydrogens (tertiary/aromatic N) is 2. The lowest BCUT2D eigenvalue weighted by Gasteiger charge is -2.33. The van der Waals surface area contributed by atoms with E-state index in [2.05, 4.69) is 25.7 Å². The van der Waals surface area contributed by atoms with Crippen LogP contribution in [0.3, 0.4) is 0 Å². The average Bonchev–Trinajstić information content (AvgIpc) is 3.28. The number of aliphatic hydroxyl groups excluding tert-OH is 1. The molecule has 2 heterocycles. The summed E-state index contributed by atoms with van der Waals surface area (Å²) in [5, 5.41) is 23.3. The summed E-state index contributed by atoms with van der Waals surface area (Å²) < 4.78 is 26.4. The lowest BCUT2D eigenvalue weighted by atomic mass is 9.96. The first-order valence-electron chi connectivity index (χ1n) is 11.2. The van der Waals surface area contributed by atoms with Gasteiger partial charge in [0.2, 0.25) is 5.91 Å². The number of H-pyrrole nitrogens is 1. The molecule has 3 aromatic rings. The summed E-state index contributed by atoms with van der Waals surface area (Å²) in [6.07, 6.45) is 0.789. The number of aromatic amines is 1. The Morgan fingerprint density at radius 3 is 2.82 bits per heavy atom. The molecule has 2 atom stereocenters. The molecule has 1 saturated heterocycles. The van der Waals surface area contributed by atoms with Crippen molar-refractivity contribution in [3.8, 4) is 0 Å². The van der Waals surface area contributed by atoms with Crippen LogP contribution in [-0.2, 0) is 4.79 Å². The predicted molar refractivity (Wildman–Crippen MR) is 123 cm³/mol. The van der Waals surface area contributed by atoms with Crippen LogP contribution in [0.2, 0.25) is 0 Å². The molecule has 0 spiro atoms. The van der Waals surface area contributed by atoms with Crippen molar-refractivity contribution in [2.24, 2.45) is 5.92 Å². The number of halogens is 2. The highest BCUT2D eigenvalue weighted by molar-refractivity contribution is 6.05. The molecule has 0 saturated carbocycles. The van der Waals surface area contributed by atoms with Crippen LogP contribution in [0.5, 0.6) is 0 Å². The maximum absolute atomic E-state index is 13.4. The molecule has 1 fully saturated rings. The van der Waals surface area contributed by atoms with E-state index >= 15 is 0 Å². The SMILES string of the molecule is CNC(=O)c1n[nH]c2cc(N3CCCC(C(=O)NCCC(O)c4ccc(F)c(F)c4)C3)ccc12. The van der Waals surface area contributed by atoms with Crippen molar-refractivity contribution in [1.82, 2.24) is 20.8 Å². The second-order valence-electron chi connectivity index (χ2n) is 8.44. The van der Waals surface area contributed by atoms with E-state index in [1.165, 1.54) is 6.07 Å². The van der Waals surface area contributed by atoms with Gasteiger partial charge in [-0.05, 0) is 55.2 Å².